The molecule has 0 bridgehead atoms. The SMILES string of the molecule is Cc1ccc(NC(=O)/C(C#N)=C2\S[C@@H](Cc3cc(Cl)ccc3Cl)C(=O)N2c2ccc(Cl)cc2)cc1. The third-order valence-electron chi connectivity index (χ3n) is 5.31. The lowest BCUT2D eigenvalue weighted by Gasteiger charge is -2.19. The van der Waals surface area contributed by atoms with E-state index in [0.29, 0.717) is 32.0 Å². The number of hydrogen-bond acceptors (Lipinski definition) is 4. The quantitative estimate of drug-likeness (QED) is 0.278. The predicted octanol–water partition coefficient (Wildman–Crippen LogP) is 7.02. The second-order valence-electron chi connectivity index (χ2n) is 7.81. The van der Waals surface area contributed by atoms with Gasteiger partial charge in [-0.25, -0.2) is 0 Å². The zero-order chi connectivity index (χ0) is 25.1. The molecule has 35 heavy (non-hydrogen) atoms. The average Bonchev–Trinajstić information content (AvgIpc) is 3.14. The van der Waals surface area contributed by atoms with Crippen molar-refractivity contribution in [2.24, 2.45) is 0 Å². The molecular weight excluding hydrogens is 525 g/mol. The maximum Gasteiger partial charge on any atom is 0.269 e. The average molecular weight is 543 g/mol. The normalized spacial score (nSPS) is 16.7. The molecule has 1 fully saturated rings. The van der Waals surface area contributed by atoms with Gasteiger partial charge in [0.1, 0.15) is 16.7 Å². The lowest BCUT2D eigenvalue weighted by Crippen LogP contribution is -2.31. The van der Waals surface area contributed by atoms with Gasteiger partial charge in [0.15, 0.2) is 0 Å². The number of amides is 2. The molecule has 1 aliphatic rings. The van der Waals surface area contributed by atoms with E-state index in [4.69, 9.17) is 34.8 Å². The van der Waals surface area contributed by atoms with Crippen LogP contribution in [0.4, 0.5) is 11.4 Å². The molecule has 9 heteroatoms. The summed E-state index contributed by atoms with van der Waals surface area (Å²) in [6.07, 6.45) is 0.273. The Balaban J connectivity index is 1.73. The maximum absolute atomic E-state index is 13.6. The molecule has 2 amide bonds. The van der Waals surface area contributed by atoms with Crippen LogP contribution in [0, 0.1) is 18.3 Å². The minimum Gasteiger partial charge on any atom is -0.321 e. The van der Waals surface area contributed by atoms with Crippen LogP contribution in [0.15, 0.2) is 77.3 Å². The summed E-state index contributed by atoms with van der Waals surface area (Å²) in [6, 6.07) is 20.9. The van der Waals surface area contributed by atoms with Gasteiger partial charge in [-0.15, -0.1) is 0 Å². The molecule has 0 aromatic heterocycles. The molecule has 0 unspecified atom stereocenters. The Kier molecular flexibility index (Phi) is 7.73. The van der Waals surface area contributed by atoms with Gasteiger partial charge in [-0.1, -0.05) is 64.3 Å². The molecule has 1 N–H and O–H groups in total. The Morgan fingerprint density at radius 3 is 2.34 bits per heavy atom. The monoisotopic (exact) mass is 541 g/mol. The van der Waals surface area contributed by atoms with Gasteiger partial charge >= 0.3 is 0 Å². The number of hydrogen-bond donors (Lipinski definition) is 1. The van der Waals surface area contributed by atoms with E-state index in [1.807, 2.05) is 25.1 Å². The van der Waals surface area contributed by atoms with Crippen molar-refractivity contribution in [1.82, 2.24) is 0 Å². The summed E-state index contributed by atoms with van der Waals surface area (Å²) in [6.45, 7) is 1.94. The van der Waals surface area contributed by atoms with Gasteiger partial charge < -0.3 is 5.32 Å². The molecule has 0 aliphatic carbocycles. The van der Waals surface area contributed by atoms with Crippen LogP contribution in [0.2, 0.25) is 15.1 Å². The van der Waals surface area contributed by atoms with Crippen molar-refractivity contribution < 1.29 is 9.59 Å². The van der Waals surface area contributed by atoms with Gasteiger partial charge in [0, 0.05) is 26.4 Å². The molecule has 1 heterocycles. The first-order valence-electron chi connectivity index (χ1n) is 10.5. The van der Waals surface area contributed by atoms with E-state index in [1.54, 1.807) is 54.6 Å². The van der Waals surface area contributed by atoms with Gasteiger partial charge in [-0.3, -0.25) is 14.5 Å². The van der Waals surface area contributed by atoms with Crippen LogP contribution in [-0.4, -0.2) is 17.1 Å². The van der Waals surface area contributed by atoms with E-state index in [0.717, 1.165) is 17.3 Å². The maximum atomic E-state index is 13.6. The highest BCUT2D eigenvalue weighted by Gasteiger charge is 2.41. The number of carbonyl (C=O) groups is 2. The smallest absolute Gasteiger partial charge is 0.269 e. The van der Waals surface area contributed by atoms with Crippen molar-refractivity contribution in [3.05, 3.63) is 104 Å². The van der Waals surface area contributed by atoms with Gasteiger partial charge in [0.25, 0.3) is 5.91 Å². The van der Waals surface area contributed by atoms with Crippen molar-refractivity contribution in [3.63, 3.8) is 0 Å². The number of halogens is 3. The van der Waals surface area contributed by atoms with Crippen molar-refractivity contribution in [3.8, 4) is 6.07 Å². The Morgan fingerprint density at radius 2 is 1.69 bits per heavy atom. The topological polar surface area (TPSA) is 73.2 Å². The minimum absolute atomic E-state index is 0.168. The highest BCUT2D eigenvalue weighted by Crippen LogP contribution is 2.43. The van der Waals surface area contributed by atoms with Crippen LogP contribution in [-0.2, 0) is 16.0 Å². The van der Waals surface area contributed by atoms with Gasteiger partial charge in [-0.05, 0) is 73.5 Å². The third-order valence-corrected chi connectivity index (χ3v) is 7.43. The summed E-state index contributed by atoms with van der Waals surface area (Å²) in [5, 5.41) is 13.8. The van der Waals surface area contributed by atoms with Gasteiger partial charge in [0.05, 0.1) is 5.25 Å². The number of aryl methyl sites for hydroxylation is 1. The zero-order valence-electron chi connectivity index (χ0n) is 18.4. The molecule has 176 valence electrons. The van der Waals surface area contributed by atoms with E-state index in [1.165, 1.54) is 4.90 Å². The van der Waals surface area contributed by atoms with Gasteiger partial charge in [-0.2, -0.15) is 5.26 Å². The van der Waals surface area contributed by atoms with Crippen LogP contribution >= 0.6 is 46.6 Å². The molecule has 1 atom stereocenters. The molecule has 3 aromatic rings. The number of anilines is 2. The van der Waals surface area contributed by atoms with Crippen LogP contribution in [0.5, 0.6) is 0 Å². The number of thioether (sulfide) groups is 1. The Bertz CT molecular complexity index is 1370. The van der Waals surface area contributed by atoms with E-state index in [-0.39, 0.29) is 22.9 Å². The fraction of sp³-hybridized carbons (Fsp3) is 0.115. The lowest BCUT2D eigenvalue weighted by molar-refractivity contribution is -0.117. The second kappa shape index (κ2) is 10.8. The van der Waals surface area contributed by atoms with Crippen molar-refractivity contribution in [2.75, 3.05) is 10.2 Å². The zero-order valence-corrected chi connectivity index (χ0v) is 21.5. The number of rotatable bonds is 5. The van der Waals surface area contributed by atoms with Crippen molar-refractivity contribution in [2.45, 2.75) is 18.6 Å². The molecule has 5 nitrogen and oxygen atoms in total. The summed E-state index contributed by atoms with van der Waals surface area (Å²) in [7, 11) is 0. The molecule has 1 saturated heterocycles. The standard InChI is InChI=1S/C26H18Cl3N3O2S/c1-15-2-7-19(8-3-15)31-24(33)21(14-30)26-32(20-9-4-17(27)5-10-20)25(34)23(35-26)13-16-12-18(28)6-11-22(16)29/h2-12,23H,13H2,1H3,(H,31,33)/b26-21-/t23-/m0/s1. The number of nitrogens with zero attached hydrogens (tertiary/aromatic N) is 2. The van der Waals surface area contributed by atoms with Crippen molar-refractivity contribution in [1.29, 1.82) is 5.26 Å². The number of nitrogens with one attached hydrogen (secondary N) is 1. The highest BCUT2D eigenvalue weighted by molar-refractivity contribution is 8.05. The first-order valence-corrected chi connectivity index (χ1v) is 12.5. The van der Waals surface area contributed by atoms with E-state index in [2.05, 4.69) is 5.32 Å². The molecule has 4 rings (SSSR count). The molecule has 0 spiro atoms. The summed E-state index contributed by atoms with van der Waals surface area (Å²) >= 11 is 19.6. The first-order chi connectivity index (χ1) is 16.8. The Labute approximate surface area is 222 Å². The van der Waals surface area contributed by atoms with Crippen LogP contribution < -0.4 is 10.2 Å². The number of carbonyl (C=O) groups excluding carboxylic acids is 2. The van der Waals surface area contributed by atoms with E-state index < -0.39 is 11.2 Å². The van der Waals surface area contributed by atoms with Crippen LogP contribution in [0.25, 0.3) is 0 Å². The molecule has 0 radical (unpaired) electrons. The highest BCUT2D eigenvalue weighted by atomic mass is 35.5. The lowest BCUT2D eigenvalue weighted by atomic mass is 10.1. The largest absolute Gasteiger partial charge is 0.321 e. The predicted molar refractivity (Wildman–Crippen MR) is 143 cm³/mol. The molecular formula is C26H18Cl3N3O2S. The Morgan fingerprint density at radius 1 is 1.03 bits per heavy atom. The second-order valence-corrected chi connectivity index (χ2v) is 10.3. The van der Waals surface area contributed by atoms with Crippen molar-refractivity contribution >= 4 is 69.8 Å². The first kappa shape index (κ1) is 25.2. The summed E-state index contributed by atoms with van der Waals surface area (Å²) < 4.78 is 0. The molecule has 1 aliphatic heterocycles. The Hall–Kier alpha value is -2.95. The number of benzene rings is 3. The molecule has 3 aromatic carbocycles. The molecule has 0 saturated carbocycles. The summed E-state index contributed by atoms with van der Waals surface area (Å²) in [5.41, 5.74) is 2.61. The number of nitriles is 1. The fourth-order valence-electron chi connectivity index (χ4n) is 3.54. The fourth-order valence-corrected chi connectivity index (χ4v) is 5.35. The summed E-state index contributed by atoms with van der Waals surface area (Å²) in [5.74, 6) is -0.883. The minimum atomic E-state index is -0.618. The van der Waals surface area contributed by atoms with E-state index in [9.17, 15) is 14.9 Å². The third kappa shape index (κ3) is 5.66. The van der Waals surface area contributed by atoms with Crippen LogP contribution in [0.1, 0.15) is 11.1 Å². The van der Waals surface area contributed by atoms with E-state index >= 15 is 0 Å². The van der Waals surface area contributed by atoms with Gasteiger partial charge in [0.2, 0.25) is 5.91 Å². The van der Waals surface area contributed by atoms with Crippen LogP contribution in [0.3, 0.4) is 0 Å². The summed E-state index contributed by atoms with van der Waals surface area (Å²) in [4.78, 5) is 28.1.